The molecule has 164 valence electrons. The largest absolute Gasteiger partial charge is 0.378 e. The van der Waals surface area contributed by atoms with Crippen LogP contribution in [0, 0.1) is 5.82 Å². The van der Waals surface area contributed by atoms with Gasteiger partial charge in [0.2, 0.25) is 0 Å². The van der Waals surface area contributed by atoms with Crippen molar-refractivity contribution in [3.05, 3.63) is 35.6 Å². The Morgan fingerprint density at radius 1 is 1.24 bits per heavy atom. The molecule has 1 aliphatic heterocycles. The highest BCUT2D eigenvalue weighted by Crippen LogP contribution is 2.14. The maximum atomic E-state index is 13.0. The maximum Gasteiger partial charge on any atom is 0.191 e. The van der Waals surface area contributed by atoms with Gasteiger partial charge in [-0.1, -0.05) is 12.1 Å². The third-order valence-corrected chi connectivity index (χ3v) is 5.60. The molecule has 2 rings (SSSR count). The second-order valence-electron chi connectivity index (χ2n) is 7.32. The van der Waals surface area contributed by atoms with Gasteiger partial charge in [0.05, 0.1) is 25.5 Å². The molecule has 29 heavy (non-hydrogen) atoms. The van der Waals surface area contributed by atoms with Crippen molar-refractivity contribution in [3.8, 4) is 0 Å². The predicted octanol–water partition coefficient (Wildman–Crippen LogP) is 1.41. The second kappa shape index (κ2) is 12.1. The van der Waals surface area contributed by atoms with Crippen molar-refractivity contribution in [2.75, 3.05) is 51.4 Å². The highest BCUT2D eigenvalue weighted by Gasteiger charge is 2.20. The summed E-state index contributed by atoms with van der Waals surface area (Å²) in [6, 6.07) is 7.05. The van der Waals surface area contributed by atoms with E-state index in [9.17, 15) is 12.8 Å². The Morgan fingerprint density at radius 2 is 1.93 bits per heavy atom. The van der Waals surface area contributed by atoms with E-state index in [4.69, 9.17) is 4.74 Å². The van der Waals surface area contributed by atoms with Gasteiger partial charge in [-0.15, -0.1) is 0 Å². The van der Waals surface area contributed by atoms with E-state index in [1.54, 1.807) is 0 Å². The Morgan fingerprint density at radius 3 is 2.55 bits per heavy atom. The number of piperidine rings is 1. The highest BCUT2D eigenvalue weighted by atomic mass is 32.2. The fourth-order valence-electron chi connectivity index (χ4n) is 3.13. The van der Waals surface area contributed by atoms with E-state index >= 15 is 0 Å². The molecule has 1 saturated heterocycles. The van der Waals surface area contributed by atoms with Crippen molar-refractivity contribution < 1.29 is 17.5 Å². The minimum Gasteiger partial charge on any atom is -0.378 e. The minimum absolute atomic E-state index is 0.0333. The van der Waals surface area contributed by atoms with Crippen molar-refractivity contribution in [3.63, 3.8) is 0 Å². The number of hydrogen-bond acceptors (Lipinski definition) is 5. The molecule has 1 heterocycles. The molecule has 1 fully saturated rings. The first-order chi connectivity index (χ1) is 13.9. The van der Waals surface area contributed by atoms with Gasteiger partial charge in [0.1, 0.15) is 15.7 Å². The number of ether oxygens (including phenoxy) is 1. The van der Waals surface area contributed by atoms with Crippen LogP contribution in [0.25, 0.3) is 0 Å². The normalized spacial score (nSPS) is 16.7. The van der Waals surface area contributed by atoms with E-state index in [0.29, 0.717) is 19.2 Å². The molecule has 0 aliphatic carbocycles. The maximum absolute atomic E-state index is 13.0. The Hall–Kier alpha value is -1.71. The van der Waals surface area contributed by atoms with Crippen LogP contribution >= 0.6 is 0 Å². The van der Waals surface area contributed by atoms with Crippen molar-refractivity contribution >= 4 is 15.8 Å². The molecule has 0 bridgehead atoms. The average Bonchev–Trinajstić information content (AvgIpc) is 2.67. The number of nitrogens with zero attached hydrogens (tertiary/aromatic N) is 2. The molecule has 0 spiro atoms. The number of aliphatic imine (C=N–C) groups is 1. The predicted molar refractivity (Wildman–Crippen MR) is 114 cm³/mol. The van der Waals surface area contributed by atoms with E-state index in [0.717, 1.165) is 50.5 Å². The Balaban J connectivity index is 1.70. The molecule has 0 radical (unpaired) electrons. The first-order valence-electron chi connectivity index (χ1n) is 10.1. The van der Waals surface area contributed by atoms with E-state index < -0.39 is 9.84 Å². The van der Waals surface area contributed by atoms with Gasteiger partial charge in [0.15, 0.2) is 5.96 Å². The first kappa shape index (κ1) is 23.6. The molecular formula is C20H33FN4O3S. The molecule has 1 aromatic carbocycles. The fraction of sp³-hybridized carbons (Fsp3) is 0.650. The van der Waals surface area contributed by atoms with Gasteiger partial charge in [-0.05, 0) is 37.5 Å². The van der Waals surface area contributed by atoms with Gasteiger partial charge in [-0.25, -0.2) is 12.8 Å². The molecule has 2 N–H and O–H groups in total. The number of likely N-dealkylation sites (tertiary alicyclic amines) is 1. The van der Waals surface area contributed by atoms with Crippen LogP contribution in [0.3, 0.4) is 0 Å². The zero-order valence-corrected chi connectivity index (χ0v) is 18.2. The summed E-state index contributed by atoms with van der Waals surface area (Å²) in [5, 5.41) is 6.71. The third kappa shape index (κ3) is 10.0. The van der Waals surface area contributed by atoms with Crippen LogP contribution in [0.4, 0.5) is 4.39 Å². The van der Waals surface area contributed by atoms with Gasteiger partial charge in [0, 0.05) is 38.5 Å². The van der Waals surface area contributed by atoms with Gasteiger partial charge in [0.25, 0.3) is 0 Å². The molecule has 7 nitrogen and oxygen atoms in total. The minimum atomic E-state index is -2.99. The molecule has 1 aliphatic rings. The fourth-order valence-corrected chi connectivity index (χ4v) is 3.55. The summed E-state index contributed by atoms with van der Waals surface area (Å²) < 4.78 is 40.5. The Bertz CT molecular complexity index is 733. The van der Waals surface area contributed by atoms with E-state index in [1.807, 2.05) is 19.1 Å². The third-order valence-electron chi connectivity index (χ3n) is 4.70. The van der Waals surface area contributed by atoms with Gasteiger partial charge < -0.3 is 15.4 Å². The lowest BCUT2D eigenvalue weighted by atomic mass is 10.0. The van der Waals surface area contributed by atoms with E-state index in [-0.39, 0.29) is 18.2 Å². The Kier molecular flexibility index (Phi) is 9.83. The number of benzene rings is 1. The zero-order valence-electron chi connectivity index (χ0n) is 17.4. The lowest BCUT2D eigenvalue weighted by molar-refractivity contribution is 0.157. The van der Waals surface area contributed by atoms with Crippen LogP contribution in [0.5, 0.6) is 0 Å². The van der Waals surface area contributed by atoms with Crippen LogP contribution in [0.2, 0.25) is 0 Å². The summed E-state index contributed by atoms with van der Waals surface area (Å²) >= 11 is 0. The van der Waals surface area contributed by atoms with E-state index in [2.05, 4.69) is 20.5 Å². The molecule has 0 atom stereocenters. The lowest BCUT2D eigenvalue weighted by Crippen LogP contribution is -2.48. The van der Waals surface area contributed by atoms with Crippen LogP contribution in [-0.2, 0) is 21.1 Å². The standard InChI is InChI=1S/C20H33FN4O3S/c1-3-22-20(23-10-13-28-14-15-29(2,26)27)24-19-8-11-25(12-9-19)16-17-4-6-18(21)7-5-17/h4-7,19H,3,8-16H2,1-2H3,(H2,22,23,24). The van der Waals surface area contributed by atoms with Gasteiger partial charge >= 0.3 is 0 Å². The summed E-state index contributed by atoms with van der Waals surface area (Å²) in [6.07, 6.45) is 3.22. The van der Waals surface area contributed by atoms with Crippen LogP contribution < -0.4 is 10.6 Å². The SMILES string of the molecule is CCNC(=NCCOCCS(C)(=O)=O)NC1CCN(Cc2ccc(F)cc2)CC1. The van der Waals surface area contributed by atoms with Crippen molar-refractivity contribution in [2.45, 2.75) is 32.4 Å². The van der Waals surface area contributed by atoms with Crippen molar-refractivity contribution in [1.82, 2.24) is 15.5 Å². The summed E-state index contributed by atoms with van der Waals surface area (Å²) in [5.74, 6) is 0.592. The number of halogens is 1. The molecule has 0 saturated carbocycles. The molecule has 1 aromatic rings. The number of sulfone groups is 1. The van der Waals surface area contributed by atoms with Gasteiger partial charge in [-0.3, -0.25) is 9.89 Å². The van der Waals surface area contributed by atoms with Crippen molar-refractivity contribution in [1.29, 1.82) is 0 Å². The quantitative estimate of drug-likeness (QED) is 0.333. The van der Waals surface area contributed by atoms with Crippen molar-refractivity contribution in [2.24, 2.45) is 4.99 Å². The molecule has 0 amide bonds. The summed E-state index contributed by atoms with van der Waals surface area (Å²) in [7, 11) is -2.99. The number of hydrogen-bond donors (Lipinski definition) is 2. The van der Waals surface area contributed by atoms with Crippen LogP contribution in [0.15, 0.2) is 29.3 Å². The number of guanidine groups is 1. The molecular weight excluding hydrogens is 395 g/mol. The average molecular weight is 429 g/mol. The molecule has 9 heteroatoms. The molecule has 0 unspecified atom stereocenters. The van der Waals surface area contributed by atoms with Gasteiger partial charge in [-0.2, -0.15) is 0 Å². The van der Waals surface area contributed by atoms with Crippen LogP contribution in [-0.4, -0.2) is 76.7 Å². The zero-order chi connectivity index (χ0) is 21.1. The van der Waals surface area contributed by atoms with Crippen LogP contribution in [0.1, 0.15) is 25.3 Å². The number of nitrogens with one attached hydrogen (secondary N) is 2. The summed E-state index contributed by atoms with van der Waals surface area (Å²) in [4.78, 5) is 6.89. The highest BCUT2D eigenvalue weighted by molar-refractivity contribution is 7.90. The summed E-state index contributed by atoms with van der Waals surface area (Å²) in [5.41, 5.74) is 1.13. The lowest BCUT2D eigenvalue weighted by Gasteiger charge is -2.33. The summed E-state index contributed by atoms with van der Waals surface area (Å²) in [6.45, 7) is 6.64. The Labute approximate surface area is 173 Å². The monoisotopic (exact) mass is 428 g/mol. The second-order valence-corrected chi connectivity index (χ2v) is 9.58. The number of rotatable bonds is 10. The smallest absolute Gasteiger partial charge is 0.191 e. The first-order valence-corrected chi connectivity index (χ1v) is 12.2. The molecule has 0 aromatic heterocycles. The topological polar surface area (TPSA) is 83.0 Å². The van der Waals surface area contributed by atoms with E-state index in [1.165, 1.54) is 18.4 Å².